The lowest BCUT2D eigenvalue weighted by Gasteiger charge is -2.70. The van der Waals surface area contributed by atoms with Crippen molar-refractivity contribution in [2.45, 2.75) is 142 Å². The molecular formula is C44H58O10Si. The van der Waals surface area contributed by atoms with Gasteiger partial charge in [0.25, 0.3) is 0 Å². The smallest absolute Gasteiger partial charge is 0.338 e. The molecule has 0 radical (unpaired) electrons. The first kappa shape index (κ1) is 39.9. The van der Waals surface area contributed by atoms with E-state index in [1.165, 1.54) is 13.8 Å². The van der Waals surface area contributed by atoms with Gasteiger partial charge in [0.15, 0.2) is 20.2 Å². The van der Waals surface area contributed by atoms with E-state index in [2.05, 4.69) is 48.5 Å². The topological polar surface area (TPSA) is 116 Å². The van der Waals surface area contributed by atoms with Crippen LogP contribution in [0.3, 0.4) is 0 Å². The Morgan fingerprint density at radius 3 is 2.02 bits per heavy atom. The third-order valence-electron chi connectivity index (χ3n) is 14.1. The van der Waals surface area contributed by atoms with E-state index in [1.807, 2.05) is 48.5 Å². The van der Waals surface area contributed by atoms with Crippen molar-refractivity contribution in [3.05, 3.63) is 82.9 Å². The Balaban J connectivity index is 1.54. The second kappa shape index (κ2) is 14.9. The quantitative estimate of drug-likeness (QED) is 0.101. The van der Waals surface area contributed by atoms with Gasteiger partial charge in [-0.25, -0.2) is 4.79 Å². The van der Waals surface area contributed by atoms with E-state index in [4.69, 9.17) is 32.8 Å². The van der Waals surface area contributed by atoms with Crippen LogP contribution in [0.25, 0.3) is 0 Å². The van der Waals surface area contributed by atoms with Crippen molar-refractivity contribution in [2.24, 2.45) is 22.7 Å². The Hall–Kier alpha value is -3.35. The van der Waals surface area contributed by atoms with Gasteiger partial charge in [-0.05, 0) is 60.2 Å². The van der Waals surface area contributed by atoms with Crippen molar-refractivity contribution in [1.82, 2.24) is 0 Å². The van der Waals surface area contributed by atoms with Crippen LogP contribution in [0.2, 0.25) is 18.1 Å². The van der Waals surface area contributed by atoms with Crippen molar-refractivity contribution >= 4 is 26.2 Å². The van der Waals surface area contributed by atoms with Gasteiger partial charge < -0.3 is 32.8 Å². The van der Waals surface area contributed by atoms with Gasteiger partial charge in [-0.3, -0.25) is 9.59 Å². The van der Waals surface area contributed by atoms with E-state index >= 15 is 0 Å². The van der Waals surface area contributed by atoms with Gasteiger partial charge in [0, 0.05) is 37.2 Å². The first-order valence-corrected chi connectivity index (χ1v) is 22.7. The molecule has 55 heavy (non-hydrogen) atoms. The summed E-state index contributed by atoms with van der Waals surface area (Å²) in [5, 5.41) is 0. The van der Waals surface area contributed by atoms with Crippen molar-refractivity contribution in [1.29, 1.82) is 0 Å². The molecule has 2 saturated carbocycles. The number of hydrogen-bond donors (Lipinski definition) is 0. The van der Waals surface area contributed by atoms with Crippen LogP contribution in [0.5, 0.6) is 0 Å². The molecule has 0 spiro atoms. The molecule has 0 N–H and O–H groups in total. The zero-order valence-corrected chi connectivity index (χ0v) is 34.8. The summed E-state index contributed by atoms with van der Waals surface area (Å²) >= 11 is 0. The summed E-state index contributed by atoms with van der Waals surface area (Å²) in [6, 6.07) is 21.6. The van der Waals surface area contributed by atoms with Gasteiger partial charge >= 0.3 is 17.9 Å². The highest BCUT2D eigenvalue weighted by Gasteiger charge is 2.77. The summed E-state index contributed by atoms with van der Waals surface area (Å²) in [7, 11) is -2.40. The standard InChI is InChI=1S/C44H58O10Si/c1-10-55(11-2,12-3)54-37-35-26(4)32(49-27(5)45)23-31(42(35,7)8)36(51-40(47)29-19-15-13-16-20-29)38-43(9)33(24-34-44(38,25-48-34)53-28(6)46)50-41(52-39(37)43)30-21-17-14-18-22-30/h13-22,31-34,36-39,41H,10-12,23-25H2,1-9H3/t31-,32-,33-,34+,36+,37+,38-,39-,41?,43+,44-/m0/s1. The monoisotopic (exact) mass is 774 g/mol. The number of esters is 3. The maximum Gasteiger partial charge on any atom is 0.338 e. The molecule has 0 aromatic heterocycles. The largest absolute Gasteiger partial charge is 0.458 e. The molecule has 2 aromatic rings. The van der Waals surface area contributed by atoms with E-state index < -0.39 is 97.4 Å². The normalized spacial score (nSPS) is 36.2. The summed E-state index contributed by atoms with van der Waals surface area (Å²) in [5.74, 6) is -2.40. The molecule has 11 atom stereocenters. The van der Waals surface area contributed by atoms with E-state index in [9.17, 15) is 14.4 Å². The number of carbonyl (C=O) groups is 3. The van der Waals surface area contributed by atoms with Crippen LogP contribution in [0, 0.1) is 22.7 Å². The number of carbonyl (C=O) groups excluding carboxylic acids is 3. The van der Waals surface area contributed by atoms with Gasteiger partial charge in [-0.15, -0.1) is 0 Å². The molecule has 11 heteroatoms. The Kier molecular flexibility index (Phi) is 10.8. The fraction of sp³-hybridized carbons (Fsp3) is 0.614. The Morgan fingerprint density at radius 1 is 0.818 bits per heavy atom. The minimum absolute atomic E-state index is 0.129. The summed E-state index contributed by atoms with van der Waals surface area (Å²) < 4.78 is 48.2. The molecule has 1 unspecified atom stereocenters. The second-order valence-electron chi connectivity index (χ2n) is 17.1. The molecule has 10 nitrogen and oxygen atoms in total. The molecule has 2 aromatic carbocycles. The average Bonchev–Trinajstić information content (AvgIpc) is 3.15. The number of benzene rings is 2. The molecule has 2 aliphatic heterocycles. The fourth-order valence-electron chi connectivity index (χ4n) is 11.1. The Morgan fingerprint density at radius 2 is 1.45 bits per heavy atom. The molecule has 4 fully saturated rings. The van der Waals surface area contributed by atoms with Crippen LogP contribution in [-0.2, 0) is 42.4 Å². The molecule has 0 amide bonds. The van der Waals surface area contributed by atoms with Crippen LogP contribution in [0.1, 0.15) is 97.4 Å². The SMILES string of the molecule is CC[Si](CC)(CC)O[C@@H]1C2=C(C)[C@@H](OC(C)=O)C[C@@H]([C@@H](OC(=O)c3ccccc3)[C@@H]3[C@]4(OC(C)=O)CO[C@@H]4C[C@@H]4OC(c5ccccc5)O[C@@H]1[C@]43C)C2(C)C. The second-order valence-corrected chi connectivity index (χ2v) is 21.9. The van der Waals surface area contributed by atoms with Crippen molar-refractivity contribution < 1.29 is 47.2 Å². The predicted octanol–water partition coefficient (Wildman–Crippen LogP) is 8.12. The predicted molar refractivity (Wildman–Crippen MR) is 207 cm³/mol. The highest BCUT2D eigenvalue weighted by molar-refractivity contribution is 6.73. The highest BCUT2D eigenvalue weighted by atomic mass is 28.4. The van der Waals surface area contributed by atoms with Gasteiger partial charge in [0.1, 0.15) is 18.3 Å². The molecule has 298 valence electrons. The minimum atomic E-state index is -2.40. The maximum atomic E-state index is 14.4. The first-order valence-electron chi connectivity index (χ1n) is 20.1. The lowest BCUT2D eigenvalue weighted by Crippen LogP contribution is -2.81. The zero-order chi connectivity index (χ0) is 39.5. The first-order chi connectivity index (χ1) is 26.2. The highest BCUT2D eigenvalue weighted by Crippen LogP contribution is 2.67. The number of fused-ring (bicyclic) bond motifs is 4. The molecule has 3 aliphatic carbocycles. The van der Waals surface area contributed by atoms with Crippen molar-refractivity contribution in [2.75, 3.05) is 6.61 Å². The number of rotatable bonds is 10. The Labute approximate surface area is 326 Å². The molecule has 2 bridgehead atoms. The van der Waals surface area contributed by atoms with Crippen LogP contribution in [0.4, 0.5) is 0 Å². The van der Waals surface area contributed by atoms with Gasteiger partial charge in [-0.1, -0.05) is 90.1 Å². The molecule has 2 heterocycles. The lowest BCUT2D eigenvalue weighted by atomic mass is 9.45. The molecule has 2 saturated heterocycles. The summed E-state index contributed by atoms with van der Waals surface area (Å²) in [6.07, 6.45) is -3.60. The van der Waals surface area contributed by atoms with Crippen LogP contribution in [0.15, 0.2) is 71.8 Å². The van der Waals surface area contributed by atoms with Crippen molar-refractivity contribution in [3.63, 3.8) is 0 Å². The number of ether oxygens (including phenoxy) is 6. The number of hydrogen-bond acceptors (Lipinski definition) is 10. The Bertz CT molecular complexity index is 1780. The van der Waals surface area contributed by atoms with Gasteiger partial charge in [-0.2, -0.15) is 0 Å². The third-order valence-corrected chi connectivity index (χ3v) is 18.7. The van der Waals surface area contributed by atoms with Crippen LogP contribution in [-0.4, -0.2) is 75.1 Å². The summed E-state index contributed by atoms with van der Waals surface area (Å²) in [4.78, 5) is 40.5. The van der Waals surface area contributed by atoms with E-state index in [0.29, 0.717) is 18.4 Å². The minimum Gasteiger partial charge on any atom is -0.458 e. The van der Waals surface area contributed by atoms with Gasteiger partial charge in [0.2, 0.25) is 0 Å². The third kappa shape index (κ3) is 6.51. The fourth-order valence-corrected chi connectivity index (χ4v) is 13.9. The van der Waals surface area contributed by atoms with E-state index in [-0.39, 0.29) is 6.61 Å². The summed E-state index contributed by atoms with van der Waals surface area (Å²) in [5.41, 5.74) is 0.452. The van der Waals surface area contributed by atoms with Crippen molar-refractivity contribution in [3.8, 4) is 0 Å². The maximum absolute atomic E-state index is 14.4. The van der Waals surface area contributed by atoms with Crippen LogP contribution < -0.4 is 0 Å². The zero-order valence-electron chi connectivity index (χ0n) is 33.8. The van der Waals surface area contributed by atoms with E-state index in [0.717, 1.165) is 34.8 Å². The molecule has 7 rings (SSSR count). The van der Waals surface area contributed by atoms with Gasteiger partial charge in [0.05, 0.1) is 36.4 Å². The lowest BCUT2D eigenvalue weighted by molar-refractivity contribution is -0.406. The molecule has 5 aliphatic rings. The summed E-state index contributed by atoms with van der Waals surface area (Å²) in [6.45, 7) is 18.2. The van der Waals surface area contributed by atoms with Crippen LogP contribution >= 0.6 is 0 Å². The molecular weight excluding hydrogens is 717 g/mol. The average molecular weight is 775 g/mol. The van der Waals surface area contributed by atoms with E-state index in [1.54, 1.807) is 12.1 Å².